The fourth-order valence-corrected chi connectivity index (χ4v) is 1.54. The van der Waals surface area contributed by atoms with E-state index in [1.807, 2.05) is 12.1 Å². The summed E-state index contributed by atoms with van der Waals surface area (Å²) in [7, 11) is 0. The molecular formula is C15H14N4O3. The first-order chi connectivity index (χ1) is 10.7. The van der Waals surface area contributed by atoms with E-state index in [0.717, 1.165) is 0 Å². The SMILES string of the molecule is O=C(O)C(=NNc1ccccc1)C(=O)NNc1ccccc1. The lowest BCUT2D eigenvalue weighted by molar-refractivity contribution is -0.130. The summed E-state index contributed by atoms with van der Waals surface area (Å²) >= 11 is 0. The molecule has 0 aliphatic carbocycles. The fraction of sp³-hybridized carbons (Fsp3) is 0. The largest absolute Gasteiger partial charge is 0.476 e. The van der Waals surface area contributed by atoms with Gasteiger partial charge in [0.1, 0.15) is 0 Å². The van der Waals surface area contributed by atoms with Crippen molar-refractivity contribution >= 4 is 29.0 Å². The molecule has 0 radical (unpaired) electrons. The van der Waals surface area contributed by atoms with E-state index >= 15 is 0 Å². The summed E-state index contributed by atoms with van der Waals surface area (Å²) in [5.74, 6) is -2.30. The molecule has 112 valence electrons. The van der Waals surface area contributed by atoms with Crippen LogP contribution in [0.4, 0.5) is 11.4 Å². The Morgan fingerprint density at radius 3 is 1.95 bits per heavy atom. The van der Waals surface area contributed by atoms with Crippen LogP contribution in [0.15, 0.2) is 65.8 Å². The van der Waals surface area contributed by atoms with E-state index in [2.05, 4.69) is 21.4 Å². The van der Waals surface area contributed by atoms with Crippen LogP contribution in [0.2, 0.25) is 0 Å². The minimum atomic E-state index is -1.43. The van der Waals surface area contributed by atoms with Crippen LogP contribution in [0.25, 0.3) is 0 Å². The van der Waals surface area contributed by atoms with Gasteiger partial charge in [0.2, 0.25) is 5.71 Å². The van der Waals surface area contributed by atoms with Crippen LogP contribution in [-0.4, -0.2) is 22.7 Å². The van der Waals surface area contributed by atoms with Gasteiger partial charge in [0.05, 0.1) is 11.4 Å². The number of nitrogens with one attached hydrogen (secondary N) is 3. The van der Waals surface area contributed by atoms with E-state index in [4.69, 9.17) is 5.11 Å². The first kappa shape index (κ1) is 15.0. The first-order valence-corrected chi connectivity index (χ1v) is 6.40. The van der Waals surface area contributed by atoms with Crippen molar-refractivity contribution in [2.75, 3.05) is 10.9 Å². The minimum absolute atomic E-state index is 0.574. The number of nitrogens with zero attached hydrogens (tertiary/aromatic N) is 1. The number of amides is 1. The normalized spacial score (nSPS) is 10.6. The van der Waals surface area contributed by atoms with Gasteiger partial charge in [-0.05, 0) is 24.3 Å². The van der Waals surface area contributed by atoms with E-state index in [1.54, 1.807) is 48.5 Å². The predicted octanol–water partition coefficient (Wildman–Crippen LogP) is 1.68. The van der Waals surface area contributed by atoms with Gasteiger partial charge >= 0.3 is 5.97 Å². The molecule has 0 aliphatic heterocycles. The fourth-order valence-electron chi connectivity index (χ4n) is 1.54. The number of hydrazine groups is 1. The Balaban J connectivity index is 2.01. The molecule has 0 spiro atoms. The number of hydrogen-bond donors (Lipinski definition) is 4. The van der Waals surface area contributed by atoms with Gasteiger partial charge in [0, 0.05) is 0 Å². The Morgan fingerprint density at radius 2 is 1.41 bits per heavy atom. The van der Waals surface area contributed by atoms with Crippen LogP contribution < -0.4 is 16.3 Å². The molecule has 0 saturated carbocycles. The highest BCUT2D eigenvalue weighted by molar-refractivity contribution is 6.63. The lowest BCUT2D eigenvalue weighted by Gasteiger charge is -2.08. The van der Waals surface area contributed by atoms with E-state index in [-0.39, 0.29) is 0 Å². The topological polar surface area (TPSA) is 103 Å². The zero-order valence-corrected chi connectivity index (χ0v) is 11.5. The Kier molecular flexibility index (Phi) is 5.09. The molecule has 22 heavy (non-hydrogen) atoms. The van der Waals surface area contributed by atoms with E-state index in [0.29, 0.717) is 11.4 Å². The zero-order valence-electron chi connectivity index (χ0n) is 11.5. The Labute approximate surface area is 126 Å². The maximum absolute atomic E-state index is 11.9. The summed E-state index contributed by atoms with van der Waals surface area (Å²) in [6, 6.07) is 17.5. The highest BCUT2D eigenvalue weighted by Crippen LogP contribution is 2.05. The van der Waals surface area contributed by atoms with Crippen LogP contribution >= 0.6 is 0 Å². The molecule has 2 rings (SSSR count). The van der Waals surface area contributed by atoms with Gasteiger partial charge in [-0.3, -0.25) is 21.1 Å². The number of carbonyl (C=O) groups is 2. The number of benzene rings is 2. The molecule has 0 atom stereocenters. The van der Waals surface area contributed by atoms with Gasteiger partial charge in [0.25, 0.3) is 5.91 Å². The van der Waals surface area contributed by atoms with Crippen molar-refractivity contribution < 1.29 is 14.7 Å². The third kappa shape index (κ3) is 4.34. The third-order valence-electron chi connectivity index (χ3n) is 2.58. The molecule has 7 heteroatoms. The molecule has 1 amide bonds. The number of rotatable bonds is 6. The summed E-state index contributed by atoms with van der Waals surface area (Å²) in [6.45, 7) is 0. The maximum Gasteiger partial charge on any atom is 0.362 e. The molecule has 4 N–H and O–H groups in total. The highest BCUT2D eigenvalue weighted by Gasteiger charge is 2.19. The molecule has 0 aliphatic rings. The van der Waals surface area contributed by atoms with Crippen LogP contribution in [0.5, 0.6) is 0 Å². The standard InChI is InChI=1S/C15H14N4O3/c20-14(19-17-12-9-5-2-6-10-12)13(15(21)22)18-16-11-7-3-1-4-8-11/h1-10,16-17H,(H,19,20)(H,21,22). The predicted molar refractivity (Wildman–Crippen MR) is 83.3 cm³/mol. The summed E-state index contributed by atoms with van der Waals surface area (Å²) in [5, 5.41) is 12.7. The van der Waals surface area contributed by atoms with Crippen molar-refractivity contribution in [2.45, 2.75) is 0 Å². The number of carbonyl (C=O) groups excluding carboxylic acids is 1. The van der Waals surface area contributed by atoms with Crippen LogP contribution in [0, 0.1) is 0 Å². The monoisotopic (exact) mass is 298 g/mol. The molecule has 0 aromatic heterocycles. The van der Waals surface area contributed by atoms with Gasteiger partial charge in [-0.1, -0.05) is 36.4 Å². The Morgan fingerprint density at radius 1 is 0.864 bits per heavy atom. The average Bonchev–Trinajstić information content (AvgIpc) is 2.55. The highest BCUT2D eigenvalue weighted by atomic mass is 16.4. The van der Waals surface area contributed by atoms with Crippen molar-refractivity contribution in [3.8, 4) is 0 Å². The van der Waals surface area contributed by atoms with Crippen molar-refractivity contribution in [1.82, 2.24) is 5.43 Å². The van der Waals surface area contributed by atoms with Crippen LogP contribution in [0.3, 0.4) is 0 Å². The lowest BCUT2D eigenvalue weighted by Crippen LogP contribution is -2.39. The van der Waals surface area contributed by atoms with Gasteiger partial charge in [-0.15, -0.1) is 0 Å². The maximum atomic E-state index is 11.9. The summed E-state index contributed by atoms with van der Waals surface area (Å²) in [5.41, 5.74) is 7.94. The summed E-state index contributed by atoms with van der Waals surface area (Å²) < 4.78 is 0. The molecule has 0 unspecified atom stereocenters. The van der Waals surface area contributed by atoms with Crippen LogP contribution in [-0.2, 0) is 9.59 Å². The number of para-hydroxylation sites is 2. The van der Waals surface area contributed by atoms with Crippen molar-refractivity contribution in [2.24, 2.45) is 5.10 Å². The summed E-state index contributed by atoms with van der Waals surface area (Å²) in [4.78, 5) is 23.0. The van der Waals surface area contributed by atoms with Crippen LogP contribution in [0.1, 0.15) is 0 Å². The molecule has 7 nitrogen and oxygen atoms in total. The van der Waals surface area contributed by atoms with Crippen molar-refractivity contribution in [3.63, 3.8) is 0 Å². The first-order valence-electron chi connectivity index (χ1n) is 6.40. The number of hydrogen-bond acceptors (Lipinski definition) is 5. The van der Waals surface area contributed by atoms with E-state index in [1.165, 1.54) is 0 Å². The molecule has 0 saturated heterocycles. The number of aliphatic carboxylic acids is 1. The second-order valence-corrected chi connectivity index (χ2v) is 4.19. The molecule has 2 aromatic rings. The quantitative estimate of drug-likeness (QED) is 0.369. The summed E-state index contributed by atoms with van der Waals surface area (Å²) in [6.07, 6.45) is 0. The Hall–Kier alpha value is -3.35. The van der Waals surface area contributed by atoms with Gasteiger partial charge in [-0.2, -0.15) is 5.10 Å². The van der Waals surface area contributed by atoms with Crippen molar-refractivity contribution in [3.05, 3.63) is 60.7 Å². The van der Waals surface area contributed by atoms with Gasteiger partial charge < -0.3 is 5.11 Å². The minimum Gasteiger partial charge on any atom is -0.476 e. The lowest BCUT2D eigenvalue weighted by atomic mass is 10.3. The molecule has 0 bridgehead atoms. The smallest absolute Gasteiger partial charge is 0.362 e. The zero-order chi connectivity index (χ0) is 15.8. The van der Waals surface area contributed by atoms with E-state index in [9.17, 15) is 9.59 Å². The average molecular weight is 298 g/mol. The second-order valence-electron chi connectivity index (χ2n) is 4.19. The van der Waals surface area contributed by atoms with E-state index < -0.39 is 17.6 Å². The Bertz CT molecular complexity index is 672. The molecule has 2 aromatic carbocycles. The number of carboxylic acids is 1. The van der Waals surface area contributed by atoms with Gasteiger partial charge in [0.15, 0.2) is 0 Å². The molecular weight excluding hydrogens is 284 g/mol. The molecule has 0 heterocycles. The number of carboxylic acid groups (broad SMARTS) is 1. The second kappa shape index (κ2) is 7.44. The number of anilines is 2. The van der Waals surface area contributed by atoms with Gasteiger partial charge in [-0.25, -0.2) is 4.79 Å². The number of hydrazone groups is 1. The third-order valence-corrected chi connectivity index (χ3v) is 2.58. The van der Waals surface area contributed by atoms with Crippen molar-refractivity contribution in [1.29, 1.82) is 0 Å². The molecule has 0 fully saturated rings.